The maximum Gasteiger partial charge on any atom is 0.243 e. The Morgan fingerprint density at radius 1 is 1.03 bits per heavy atom. The molecule has 3 aromatic rings. The number of nitrogens with zero attached hydrogens (tertiary/aromatic N) is 4. The summed E-state index contributed by atoms with van der Waals surface area (Å²) >= 11 is 1.68. The number of rotatable bonds is 9. The molecule has 1 aromatic heterocycles. The average Bonchev–Trinajstić information content (AvgIpc) is 3.22. The molecule has 0 spiro atoms. The Hall–Kier alpha value is -2.20. The van der Waals surface area contributed by atoms with Crippen LogP contribution in [0, 0.1) is 5.92 Å². The van der Waals surface area contributed by atoms with E-state index in [4.69, 9.17) is 4.74 Å². The molecule has 0 amide bonds. The predicted molar refractivity (Wildman–Crippen MR) is 131 cm³/mol. The molecule has 0 atom stereocenters. The molecular formula is C24H30N4O3S2. The van der Waals surface area contributed by atoms with Gasteiger partial charge in [-0.2, -0.15) is 4.31 Å². The molecule has 4 rings (SSSR count). The van der Waals surface area contributed by atoms with Crippen molar-refractivity contribution in [2.24, 2.45) is 5.92 Å². The summed E-state index contributed by atoms with van der Waals surface area (Å²) < 4.78 is 35.2. The van der Waals surface area contributed by atoms with E-state index in [2.05, 4.69) is 52.9 Å². The van der Waals surface area contributed by atoms with Crippen molar-refractivity contribution < 1.29 is 13.2 Å². The Bertz CT molecular complexity index is 1160. The Kier molecular flexibility index (Phi) is 7.85. The highest BCUT2D eigenvalue weighted by Gasteiger charge is 2.27. The molecule has 7 nitrogen and oxygen atoms in total. The van der Waals surface area contributed by atoms with Crippen LogP contribution in [0.25, 0.3) is 11.4 Å². The lowest BCUT2D eigenvalue weighted by Crippen LogP contribution is -2.40. The predicted octanol–water partition coefficient (Wildman–Crippen LogP) is 3.96. The molecule has 1 aliphatic heterocycles. The number of aryl methyl sites for hydroxylation is 1. The molecule has 2 heterocycles. The summed E-state index contributed by atoms with van der Waals surface area (Å²) in [6.45, 7) is 6.66. The standard InChI is InChI=1S/C24H30N4O3S2/c1-19(2)18-28-23(25-26-24(28)32-16-11-20-7-4-3-5-8-20)21-9-6-10-22(17-21)33(29,30)27-12-14-31-15-13-27/h3-10,17,19H,11-16,18H2,1-2H3. The molecule has 0 N–H and O–H groups in total. The Morgan fingerprint density at radius 3 is 2.52 bits per heavy atom. The van der Waals surface area contributed by atoms with Gasteiger partial charge in [0.1, 0.15) is 0 Å². The van der Waals surface area contributed by atoms with Gasteiger partial charge in [0.25, 0.3) is 0 Å². The number of sulfonamides is 1. The lowest BCUT2D eigenvalue weighted by Gasteiger charge is -2.26. The molecule has 2 aromatic carbocycles. The highest BCUT2D eigenvalue weighted by molar-refractivity contribution is 7.99. The first-order valence-corrected chi connectivity index (χ1v) is 13.7. The minimum atomic E-state index is -3.58. The Balaban J connectivity index is 1.58. The average molecular weight is 487 g/mol. The third kappa shape index (κ3) is 5.84. The number of ether oxygens (including phenoxy) is 1. The van der Waals surface area contributed by atoms with E-state index in [1.807, 2.05) is 12.1 Å². The van der Waals surface area contributed by atoms with Gasteiger partial charge in [0.15, 0.2) is 11.0 Å². The van der Waals surface area contributed by atoms with E-state index in [9.17, 15) is 8.42 Å². The maximum atomic E-state index is 13.1. The normalized spacial score (nSPS) is 15.2. The summed E-state index contributed by atoms with van der Waals surface area (Å²) in [4.78, 5) is 0.277. The van der Waals surface area contributed by atoms with Gasteiger partial charge in [0.05, 0.1) is 18.1 Å². The summed E-state index contributed by atoms with van der Waals surface area (Å²) in [5, 5.41) is 9.78. The van der Waals surface area contributed by atoms with Crippen LogP contribution in [0.15, 0.2) is 64.6 Å². The minimum absolute atomic E-state index is 0.277. The lowest BCUT2D eigenvalue weighted by atomic mass is 10.2. The van der Waals surface area contributed by atoms with Crippen LogP contribution >= 0.6 is 11.8 Å². The number of morpholine rings is 1. The van der Waals surface area contributed by atoms with Crippen LogP contribution in [-0.4, -0.2) is 59.5 Å². The SMILES string of the molecule is CC(C)Cn1c(SCCc2ccccc2)nnc1-c1cccc(S(=O)(=O)N2CCOCC2)c1. The highest BCUT2D eigenvalue weighted by Crippen LogP contribution is 2.28. The first kappa shape index (κ1) is 23.9. The molecule has 0 bridgehead atoms. The van der Waals surface area contributed by atoms with Crippen molar-refractivity contribution in [3.05, 3.63) is 60.2 Å². The van der Waals surface area contributed by atoms with E-state index in [-0.39, 0.29) is 4.90 Å². The van der Waals surface area contributed by atoms with Crippen molar-refractivity contribution in [3.8, 4) is 11.4 Å². The number of benzene rings is 2. The molecule has 0 unspecified atom stereocenters. The zero-order chi connectivity index (χ0) is 23.3. The quantitative estimate of drug-likeness (QED) is 0.426. The van der Waals surface area contributed by atoms with Gasteiger partial charge >= 0.3 is 0 Å². The van der Waals surface area contributed by atoms with Gasteiger partial charge < -0.3 is 9.30 Å². The topological polar surface area (TPSA) is 77.3 Å². The molecular weight excluding hydrogens is 456 g/mol. The van der Waals surface area contributed by atoms with Gasteiger partial charge in [0.2, 0.25) is 10.0 Å². The lowest BCUT2D eigenvalue weighted by molar-refractivity contribution is 0.0730. The van der Waals surface area contributed by atoms with E-state index in [0.29, 0.717) is 38.0 Å². The Morgan fingerprint density at radius 2 is 1.79 bits per heavy atom. The van der Waals surface area contributed by atoms with Crippen LogP contribution in [0.1, 0.15) is 19.4 Å². The molecule has 33 heavy (non-hydrogen) atoms. The van der Waals surface area contributed by atoms with E-state index in [1.165, 1.54) is 9.87 Å². The van der Waals surface area contributed by atoms with Crippen LogP contribution < -0.4 is 0 Å². The van der Waals surface area contributed by atoms with Gasteiger partial charge in [-0.05, 0) is 30.0 Å². The minimum Gasteiger partial charge on any atom is -0.379 e. The fourth-order valence-electron chi connectivity index (χ4n) is 3.78. The summed E-state index contributed by atoms with van der Waals surface area (Å²) in [7, 11) is -3.58. The number of hydrogen-bond acceptors (Lipinski definition) is 6. The van der Waals surface area contributed by atoms with Crippen molar-refractivity contribution in [1.82, 2.24) is 19.1 Å². The van der Waals surface area contributed by atoms with Crippen molar-refractivity contribution in [3.63, 3.8) is 0 Å². The zero-order valence-electron chi connectivity index (χ0n) is 19.1. The van der Waals surface area contributed by atoms with Crippen LogP contribution in [0.4, 0.5) is 0 Å². The van der Waals surface area contributed by atoms with Crippen molar-refractivity contribution in [2.75, 3.05) is 32.1 Å². The summed E-state index contributed by atoms with van der Waals surface area (Å²) in [5.41, 5.74) is 2.05. The second kappa shape index (κ2) is 10.8. The number of aromatic nitrogens is 3. The Labute approximate surface area is 200 Å². The molecule has 0 saturated carbocycles. The van der Waals surface area contributed by atoms with Crippen molar-refractivity contribution >= 4 is 21.8 Å². The molecule has 0 aliphatic carbocycles. The van der Waals surface area contributed by atoms with Crippen LogP contribution in [0.3, 0.4) is 0 Å². The summed E-state index contributed by atoms with van der Waals surface area (Å²) in [6, 6.07) is 17.4. The highest BCUT2D eigenvalue weighted by atomic mass is 32.2. The van der Waals surface area contributed by atoms with Crippen LogP contribution in [0.5, 0.6) is 0 Å². The summed E-state index contributed by atoms with van der Waals surface area (Å²) in [5.74, 6) is 1.99. The molecule has 176 valence electrons. The zero-order valence-corrected chi connectivity index (χ0v) is 20.7. The van der Waals surface area contributed by atoms with Crippen molar-refractivity contribution in [2.45, 2.75) is 36.9 Å². The second-order valence-electron chi connectivity index (χ2n) is 8.44. The smallest absolute Gasteiger partial charge is 0.243 e. The van der Waals surface area contributed by atoms with Crippen LogP contribution in [0.2, 0.25) is 0 Å². The van der Waals surface area contributed by atoms with Gasteiger partial charge in [0, 0.05) is 31.0 Å². The molecule has 0 radical (unpaired) electrons. The van der Waals surface area contributed by atoms with Crippen LogP contribution in [-0.2, 0) is 27.7 Å². The number of thioether (sulfide) groups is 1. The van der Waals surface area contributed by atoms with Gasteiger partial charge in [-0.25, -0.2) is 8.42 Å². The third-order valence-electron chi connectivity index (χ3n) is 5.43. The molecule has 1 fully saturated rings. The largest absolute Gasteiger partial charge is 0.379 e. The van der Waals surface area contributed by atoms with E-state index in [0.717, 1.165) is 29.4 Å². The molecule has 1 saturated heterocycles. The first-order valence-electron chi connectivity index (χ1n) is 11.2. The maximum absolute atomic E-state index is 13.1. The fraction of sp³-hybridized carbons (Fsp3) is 0.417. The van der Waals surface area contributed by atoms with Gasteiger partial charge in [-0.1, -0.05) is 68.1 Å². The van der Waals surface area contributed by atoms with E-state index < -0.39 is 10.0 Å². The van der Waals surface area contributed by atoms with Gasteiger partial charge in [-0.3, -0.25) is 0 Å². The fourth-order valence-corrected chi connectivity index (χ4v) is 6.17. The number of hydrogen-bond donors (Lipinski definition) is 0. The molecule has 9 heteroatoms. The van der Waals surface area contributed by atoms with Gasteiger partial charge in [-0.15, -0.1) is 10.2 Å². The third-order valence-corrected chi connectivity index (χ3v) is 8.29. The monoisotopic (exact) mass is 486 g/mol. The summed E-state index contributed by atoms with van der Waals surface area (Å²) in [6.07, 6.45) is 0.947. The first-order chi connectivity index (χ1) is 15.9. The molecule has 1 aliphatic rings. The van der Waals surface area contributed by atoms with E-state index >= 15 is 0 Å². The van der Waals surface area contributed by atoms with Crippen molar-refractivity contribution in [1.29, 1.82) is 0 Å². The van der Waals surface area contributed by atoms with E-state index in [1.54, 1.807) is 30.0 Å². The second-order valence-corrected chi connectivity index (χ2v) is 11.4.